The number of aryl methyl sites for hydroxylation is 1. The number of carbonyl (C=O) groups is 1. The number of rotatable bonds is 7. The molecule has 148 valence electrons. The van der Waals surface area contributed by atoms with E-state index in [-0.39, 0.29) is 31.2 Å². The van der Waals surface area contributed by atoms with E-state index in [0.717, 1.165) is 39.1 Å². The van der Waals surface area contributed by atoms with Crippen molar-refractivity contribution in [3.8, 4) is 0 Å². The molecule has 2 heterocycles. The molecule has 0 aliphatic carbocycles. The molecule has 0 spiro atoms. The second kappa shape index (κ2) is 11.8. The maximum absolute atomic E-state index is 10.6. The zero-order valence-corrected chi connectivity index (χ0v) is 16.9. The minimum Gasteiger partial charge on any atom is -0.481 e. The molecule has 1 aliphatic heterocycles. The van der Waals surface area contributed by atoms with Crippen LogP contribution in [0.1, 0.15) is 24.0 Å². The Labute approximate surface area is 173 Å². The average Bonchev–Trinajstić information content (AvgIpc) is 2.64. The normalized spacial score (nSPS) is 14.1. The van der Waals surface area contributed by atoms with Crippen molar-refractivity contribution in [1.29, 1.82) is 0 Å². The van der Waals surface area contributed by atoms with Crippen molar-refractivity contribution >= 4 is 36.5 Å². The third kappa shape index (κ3) is 7.37. The van der Waals surface area contributed by atoms with Gasteiger partial charge in [0, 0.05) is 57.2 Å². The second-order valence-electron chi connectivity index (χ2n) is 6.53. The van der Waals surface area contributed by atoms with Gasteiger partial charge in [-0.3, -0.25) is 14.7 Å². The minimum absolute atomic E-state index is 0. The summed E-state index contributed by atoms with van der Waals surface area (Å²) >= 11 is 0. The van der Waals surface area contributed by atoms with Gasteiger partial charge in [-0.25, -0.2) is 0 Å². The van der Waals surface area contributed by atoms with E-state index in [1.807, 2.05) is 12.4 Å². The zero-order valence-electron chi connectivity index (χ0n) is 15.3. The Morgan fingerprint density at radius 1 is 0.926 bits per heavy atom. The van der Waals surface area contributed by atoms with Crippen LogP contribution in [0.2, 0.25) is 0 Å². The molecule has 1 fully saturated rings. The predicted octanol–water partition coefficient (Wildman–Crippen LogP) is 3.65. The molecular formula is C20H27Cl2N3O2. The Balaban J connectivity index is 0.00000182. The number of piperazine rings is 1. The summed E-state index contributed by atoms with van der Waals surface area (Å²) in [7, 11) is 0. The minimum atomic E-state index is -0.720. The number of hydrogen-bond acceptors (Lipinski definition) is 4. The van der Waals surface area contributed by atoms with Crippen LogP contribution in [0.4, 0.5) is 5.69 Å². The number of nitrogens with zero attached hydrogens (tertiary/aromatic N) is 3. The molecule has 0 saturated carbocycles. The van der Waals surface area contributed by atoms with Crippen LogP contribution < -0.4 is 4.90 Å². The molecule has 1 saturated heterocycles. The lowest BCUT2D eigenvalue weighted by Crippen LogP contribution is -2.45. The first-order valence-corrected chi connectivity index (χ1v) is 8.87. The van der Waals surface area contributed by atoms with Crippen LogP contribution in [0.3, 0.4) is 0 Å². The number of benzene rings is 1. The van der Waals surface area contributed by atoms with Gasteiger partial charge in [0.2, 0.25) is 0 Å². The number of halogens is 2. The van der Waals surface area contributed by atoms with Gasteiger partial charge in [-0.15, -0.1) is 24.8 Å². The lowest BCUT2D eigenvalue weighted by Gasteiger charge is -2.36. The maximum Gasteiger partial charge on any atom is 0.303 e. The van der Waals surface area contributed by atoms with Gasteiger partial charge in [0.25, 0.3) is 0 Å². The topological polar surface area (TPSA) is 56.7 Å². The third-order valence-corrected chi connectivity index (χ3v) is 4.69. The van der Waals surface area contributed by atoms with E-state index in [4.69, 9.17) is 5.11 Å². The molecule has 5 nitrogen and oxygen atoms in total. The molecule has 1 N–H and O–H groups in total. The fourth-order valence-corrected chi connectivity index (χ4v) is 3.23. The van der Waals surface area contributed by atoms with E-state index < -0.39 is 5.97 Å². The first-order valence-electron chi connectivity index (χ1n) is 8.87. The molecule has 0 unspecified atom stereocenters. The summed E-state index contributed by atoms with van der Waals surface area (Å²) in [5.41, 5.74) is 3.78. The summed E-state index contributed by atoms with van der Waals surface area (Å²) in [4.78, 5) is 19.5. The Hall–Kier alpha value is -1.82. The standard InChI is InChI=1S/C20H25N3O2.2ClH/c24-20(25)3-1-2-17-4-6-18(7-5-17)16-22-12-14-23(15-13-22)19-8-10-21-11-9-19;;/h4-11H,1-3,12-16H2,(H,24,25);2*1H. The van der Waals surface area contributed by atoms with Crippen LogP contribution in [0, 0.1) is 0 Å². The van der Waals surface area contributed by atoms with Crippen molar-refractivity contribution in [3.63, 3.8) is 0 Å². The van der Waals surface area contributed by atoms with Crippen molar-refractivity contribution in [2.24, 2.45) is 0 Å². The highest BCUT2D eigenvalue weighted by Gasteiger charge is 2.17. The number of carboxylic acids is 1. The maximum atomic E-state index is 10.6. The molecule has 1 aromatic heterocycles. The number of carboxylic acid groups (broad SMARTS) is 1. The monoisotopic (exact) mass is 411 g/mol. The molecule has 3 rings (SSSR count). The average molecular weight is 412 g/mol. The highest BCUT2D eigenvalue weighted by atomic mass is 35.5. The molecule has 7 heteroatoms. The van der Waals surface area contributed by atoms with Gasteiger partial charge in [0.05, 0.1) is 0 Å². The number of anilines is 1. The molecular weight excluding hydrogens is 385 g/mol. The molecule has 1 aromatic carbocycles. The summed E-state index contributed by atoms with van der Waals surface area (Å²) in [6, 6.07) is 12.7. The van der Waals surface area contributed by atoms with Gasteiger partial charge >= 0.3 is 5.97 Å². The zero-order chi connectivity index (χ0) is 17.5. The quantitative estimate of drug-likeness (QED) is 0.753. The highest BCUT2D eigenvalue weighted by molar-refractivity contribution is 5.85. The van der Waals surface area contributed by atoms with E-state index in [0.29, 0.717) is 6.42 Å². The Bertz CT molecular complexity index is 675. The van der Waals surface area contributed by atoms with E-state index in [9.17, 15) is 4.79 Å². The van der Waals surface area contributed by atoms with Crippen molar-refractivity contribution < 1.29 is 9.90 Å². The van der Waals surface area contributed by atoms with Crippen LogP contribution in [0.15, 0.2) is 48.8 Å². The molecule has 27 heavy (non-hydrogen) atoms. The molecule has 0 amide bonds. The molecule has 2 aromatic rings. The van der Waals surface area contributed by atoms with Crippen molar-refractivity contribution in [3.05, 3.63) is 59.9 Å². The van der Waals surface area contributed by atoms with Gasteiger partial charge in [0.15, 0.2) is 0 Å². The first-order chi connectivity index (χ1) is 12.2. The van der Waals surface area contributed by atoms with Gasteiger partial charge in [-0.1, -0.05) is 24.3 Å². The fourth-order valence-electron chi connectivity index (χ4n) is 3.23. The van der Waals surface area contributed by atoms with Crippen molar-refractivity contribution in [1.82, 2.24) is 9.88 Å². The largest absolute Gasteiger partial charge is 0.481 e. The Kier molecular flexibility index (Phi) is 10.1. The number of hydrogen-bond donors (Lipinski definition) is 1. The van der Waals surface area contributed by atoms with Crippen LogP contribution in [-0.2, 0) is 17.8 Å². The third-order valence-electron chi connectivity index (χ3n) is 4.69. The van der Waals surface area contributed by atoms with Crippen molar-refractivity contribution in [2.75, 3.05) is 31.1 Å². The fraction of sp³-hybridized carbons (Fsp3) is 0.400. The Morgan fingerprint density at radius 3 is 2.11 bits per heavy atom. The highest BCUT2D eigenvalue weighted by Crippen LogP contribution is 2.16. The van der Waals surface area contributed by atoms with Crippen LogP contribution >= 0.6 is 24.8 Å². The van der Waals surface area contributed by atoms with E-state index in [1.54, 1.807) is 0 Å². The van der Waals surface area contributed by atoms with Crippen LogP contribution in [-0.4, -0.2) is 47.1 Å². The summed E-state index contributed by atoms with van der Waals surface area (Å²) in [6.45, 7) is 5.17. The van der Waals surface area contributed by atoms with Crippen molar-refractivity contribution in [2.45, 2.75) is 25.8 Å². The van der Waals surface area contributed by atoms with Gasteiger partial charge in [-0.2, -0.15) is 0 Å². The molecule has 1 aliphatic rings. The van der Waals surface area contributed by atoms with E-state index >= 15 is 0 Å². The summed E-state index contributed by atoms with van der Waals surface area (Å²) < 4.78 is 0. The van der Waals surface area contributed by atoms with E-state index in [2.05, 4.69) is 51.2 Å². The Morgan fingerprint density at radius 2 is 1.52 bits per heavy atom. The van der Waals surface area contributed by atoms with Gasteiger partial charge < -0.3 is 10.0 Å². The summed E-state index contributed by atoms with van der Waals surface area (Å²) in [5.74, 6) is -0.720. The van der Waals surface area contributed by atoms with Gasteiger partial charge in [-0.05, 0) is 36.1 Å². The molecule has 0 radical (unpaired) electrons. The van der Waals surface area contributed by atoms with Crippen LogP contribution in [0.5, 0.6) is 0 Å². The molecule has 0 bridgehead atoms. The van der Waals surface area contributed by atoms with E-state index in [1.165, 1.54) is 16.8 Å². The smallest absolute Gasteiger partial charge is 0.303 e. The molecule has 0 atom stereocenters. The number of aliphatic carboxylic acids is 1. The predicted molar refractivity (Wildman–Crippen MR) is 113 cm³/mol. The summed E-state index contributed by atoms with van der Waals surface area (Å²) in [5, 5.41) is 8.70. The first kappa shape index (κ1) is 23.2. The lowest BCUT2D eigenvalue weighted by atomic mass is 10.1. The second-order valence-corrected chi connectivity index (χ2v) is 6.53. The SMILES string of the molecule is Cl.Cl.O=C(O)CCCc1ccc(CN2CCN(c3ccncc3)CC2)cc1. The number of pyridine rings is 1. The lowest BCUT2D eigenvalue weighted by molar-refractivity contribution is -0.137. The summed E-state index contributed by atoms with van der Waals surface area (Å²) in [6.07, 6.45) is 5.46. The van der Waals surface area contributed by atoms with Gasteiger partial charge in [0.1, 0.15) is 0 Å². The number of aromatic nitrogens is 1. The van der Waals surface area contributed by atoms with Crippen LogP contribution in [0.25, 0.3) is 0 Å².